The average Bonchev–Trinajstić information content (AvgIpc) is 2.50. The van der Waals surface area contributed by atoms with E-state index in [2.05, 4.69) is 5.32 Å². The molecule has 0 saturated carbocycles. The molecule has 0 spiro atoms. The van der Waals surface area contributed by atoms with Crippen LogP contribution in [0.4, 0.5) is 10.5 Å². The summed E-state index contributed by atoms with van der Waals surface area (Å²) in [4.78, 5) is 44.3. The molecule has 1 rings (SSSR count). The molecule has 23 heavy (non-hydrogen) atoms. The number of hydrogen-bond acceptors (Lipinski definition) is 6. The van der Waals surface area contributed by atoms with Crippen molar-refractivity contribution >= 4 is 35.2 Å². The second-order valence-electron chi connectivity index (χ2n) is 4.30. The van der Waals surface area contributed by atoms with Crippen LogP contribution in [0.25, 0.3) is 0 Å². The molecule has 0 aromatic heterocycles. The second-order valence-corrected chi connectivity index (χ2v) is 4.71. The zero-order valence-corrected chi connectivity index (χ0v) is 12.9. The quantitative estimate of drug-likeness (QED) is 0.459. The Balaban J connectivity index is 2.55. The number of non-ortho nitro benzene ring substituents is 1. The Hall–Kier alpha value is -2.68. The van der Waals surface area contributed by atoms with E-state index in [1.54, 1.807) is 0 Å². The van der Waals surface area contributed by atoms with Crippen molar-refractivity contribution in [3.05, 3.63) is 38.9 Å². The Kier molecular flexibility index (Phi) is 6.94. The van der Waals surface area contributed by atoms with Crippen molar-refractivity contribution in [1.82, 2.24) is 10.6 Å². The molecule has 0 saturated heterocycles. The van der Waals surface area contributed by atoms with Gasteiger partial charge < -0.3 is 10.1 Å². The largest absolute Gasteiger partial charge is 0.452 e. The molecule has 0 radical (unpaired) electrons. The lowest BCUT2D eigenvalue weighted by atomic mass is 10.2. The molecule has 2 N–H and O–H groups in total. The highest BCUT2D eigenvalue weighted by atomic mass is 35.5. The third kappa shape index (κ3) is 5.91. The maximum Gasteiger partial charge on any atom is 0.340 e. The molecule has 0 aliphatic carbocycles. The summed E-state index contributed by atoms with van der Waals surface area (Å²) in [7, 11) is 0. The smallest absolute Gasteiger partial charge is 0.340 e. The zero-order valence-electron chi connectivity index (χ0n) is 12.1. The van der Waals surface area contributed by atoms with Gasteiger partial charge in [0.2, 0.25) is 0 Å². The average molecular weight is 344 g/mol. The number of carbonyl (C=O) groups excluding carboxylic acids is 3. The first-order chi connectivity index (χ1) is 10.8. The minimum Gasteiger partial charge on any atom is -0.452 e. The van der Waals surface area contributed by atoms with E-state index in [0.29, 0.717) is 13.0 Å². The van der Waals surface area contributed by atoms with Gasteiger partial charge in [-0.15, -0.1) is 0 Å². The summed E-state index contributed by atoms with van der Waals surface area (Å²) in [6.45, 7) is 1.56. The van der Waals surface area contributed by atoms with Crippen LogP contribution in [0, 0.1) is 10.1 Å². The molecule has 0 unspecified atom stereocenters. The van der Waals surface area contributed by atoms with Gasteiger partial charge in [0.15, 0.2) is 6.61 Å². The van der Waals surface area contributed by atoms with Crippen LogP contribution < -0.4 is 10.6 Å². The summed E-state index contributed by atoms with van der Waals surface area (Å²) in [5, 5.41) is 14.8. The molecular weight excluding hydrogens is 330 g/mol. The lowest BCUT2D eigenvalue weighted by Gasteiger charge is -2.07. The van der Waals surface area contributed by atoms with Gasteiger partial charge in [-0.05, 0) is 12.5 Å². The van der Waals surface area contributed by atoms with Crippen molar-refractivity contribution in [2.24, 2.45) is 0 Å². The molecular formula is C13H14ClN3O6. The molecule has 0 atom stereocenters. The Morgan fingerprint density at radius 1 is 1.35 bits per heavy atom. The predicted molar refractivity (Wildman–Crippen MR) is 80.2 cm³/mol. The second kappa shape index (κ2) is 8.69. The predicted octanol–water partition coefficient (Wildman–Crippen LogP) is 1.64. The lowest BCUT2D eigenvalue weighted by Crippen LogP contribution is -2.41. The summed E-state index contributed by atoms with van der Waals surface area (Å²) in [5.74, 6) is -1.75. The number of nitrogens with zero attached hydrogens (tertiary/aromatic N) is 1. The first kappa shape index (κ1) is 18.4. The van der Waals surface area contributed by atoms with Crippen LogP contribution in [0.5, 0.6) is 0 Å². The molecule has 9 nitrogen and oxygen atoms in total. The fourth-order valence-electron chi connectivity index (χ4n) is 1.44. The van der Waals surface area contributed by atoms with Crippen LogP contribution in [0.1, 0.15) is 23.7 Å². The number of benzene rings is 1. The molecule has 1 aromatic carbocycles. The number of ether oxygens (including phenoxy) is 1. The minimum absolute atomic E-state index is 0.125. The number of urea groups is 1. The van der Waals surface area contributed by atoms with E-state index in [9.17, 15) is 24.5 Å². The van der Waals surface area contributed by atoms with Crippen LogP contribution in [0.3, 0.4) is 0 Å². The standard InChI is InChI=1S/C13H14ClN3O6/c1-2-5-15-13(20)16-11(18)7-23-12(19)9-4-3-8(17(21)22)6-10(9)14/h3-4,6H,2,5,7H2,1H3,(H2,15,16,18,20). The maximum atomic E-state index is 11.8. The van der Waals surface area contributed by atoms with Crippen LogP contribution in [-0.2, 0) is 9.53 Å². The van der Waals surface area contributed by atoms with E-state index < -0.39 is 29.4 Å². The van der Waals surface area contributed by atoms with E-state index in [-0.39, 0.29) is 16.3 Å². The summed E-state index contributed by atoms with van der Waals surface area (Å²) in [5.41, 5.74) is -0.405. The topological polar surface area (TPSA) is 128 Å². The molecule has 3 amide bonds. The fraction of sp³-hybridized carbons (Fsp3) is 0.308. The van der Waals surface area contributed by atoms with Crippen LogP contribution in [-0.4, -0.2) is 36.0 Å². The first-order valence-corrected chi connectivity index (χ1v) is 6.91. The highest BCUT2D eigenvalue weighted by molar-refractivity contribution is 6.33. The van der Waals surface area contributed by atoms with Gasteiger partial charge in [0.25, 0.3) is 11.6 Å². The van der Waals surface area contributed by atoms with Crippen molar-refractivity contribution in [3.8, 4) is 0 Å². The van der Waals surface area contributed by atoms with Gasteiger partial charge in [-0.1, -0.05) is 18.5 Å². The van der Waals surface area contributed by atoms with Gasteiger partial charge in [-0.3, -0.25) is 20.2 Å². The maximum absolute atomic E-state index is 11.8. The van der Waals surface area contributed by atoms with E-state index in [1.165, 1.54) is 0 Å². The number of imide groups is 1. The zero-order chi connectivity index (χ0) is 17.4. The first-order valence-electron chi connectivity index (χ1n) is 6.54. The van der Waals surface area contributed by atoms with E-state index in [4.69, 9.17) is 16.3 Å². The Morgan fingerprint density at radius 2 is 2.04 bits per heavy atom. The normalized spacial score (nSPS) is 9.83. The van der Waals surface area contributed by atoms with Gasteiger partial charge in [-0.2, -0.15) is 0 Å². The van der Waals surface area contributed by atoms with Crippen molar-refractivity contribution < 1.29 is 24.0 Å². The number of amides is 3. The molecule has 1 aromatic rings. The van der Waals surface area contributed by atoms with Crippen molar-refractivity contribution in [2.45, 2.75) is 13.3 Å². The Labute approximate surface area is 136 Å². The highest BCUT2D eigenvalue weighted by Gasteiger charge is 2.17. The SMILES string of the molecule is CCCNC(=O)NC(=O)COC(=O)c1ccc([N+](=O)[O-])cc1Cl. The molecule has 0 heterocycles. The number of esters is 1. The molecule has 10 heteroatoms. The molecule has 0 bridgehead atoms. The van der Waals surface area contributed by atoms with Crippen LogP contribution >= 0.6 is 11.6 Å². The Morgan fingerprint density at radius 3 is 2.61 bits per heavy atom. The number of carbonyl (C=O) groups is 3. The summed E-state index contributed by atoms with van der Waals surface area (Å²) in [6, 6.07) is 2.51. The van der Waals surface area contributed by atoms with E-state index in [0.717, 1.165) is 18.2 Å². The lowest BCUT2D eigenvalue weighted by molar-refractivity contribution is -0.384. The van der Waals surface area contributed by atoms with Crippen LogP contribution in [0.15, 0.2) is 18.2 Å². The molecule has 0 fully saturated rings. The van der Waals surface area contributed by atoms with Crippen molar-refractivity contribution in [3.63, 3.8) is 0 Å². The Bertz CT molecular complexity index is 634. The van der Waals surface area contributed by atoms with E-state index in [1.807, 2.05) is 12.2 Å². The number of rotatable bonds is 6. The van der Waals surface area contributed by atoms with Crippen molar-refractivity contribution in [2.75, 3.05) is 13.2 Å². The van der Waals surface area contributed by atoms with Gasteiger partial charge in [0.1, 0.15) is 0 Å². The summed E-state index contributed by atoms with van der Waals surface area (Å²) < 4.78 is 4.69. The number of nitro benzene ring substituents is 1. The van der Waals surface area contributed by atoms with Gasteiger partial charge in [0, 0.05) is 18.7 Å². The summed E-state index contributed by atoms with van der Waals surface area (Å²) in [6.07, 6.45) is 0.704. The number of hydrogen-bond donors (Lipinski definition) is 2. The number of halogens is 1. The van der Waals surface area contributed by atoms with Crippen molar-refractivity contribution in [1.29, 1.82) is 0 Å². The molecule has 0 aliphatic heterocycles. The van der Waals surface area contributed by atoms with Gasteiger partial charge in [0.05, 0.1) is 15.5 Å². The number of nitrogens with one attached hydrogen (secondary N) is 2. The summed E-state index contributed by atoms with van der Waals surface area (Å²) >= 11 is 5.76. The third-order valence-corrected chi connectivity index (χ3v) is 2.82. The molecule has 0 aliphatic rings. The minimum atomic E-state index is -0.936. The van der Waals surface area contributed by atoms with Gasteiger partial charge >= 0.3 is 12.0 Å². The fourth-order valence-corrected chi connectivity index (χ4v) is 1.69. The van der Waals surface area contributed by atoms with Crippen LogP contribution in [0.2, 0.25) is 5.02 Å². The third-order valence-electron chi connectivity index (χ3n) is 2.51. The molecule has 124 valence electrons. The number of nitro groups is 1. The highest BCUT2D eigenvalue weighted by Crippen LogP contribution is 2.22. The monoisotopic (exact) mass is 343 g/mol. The van der Waals surface area contributed by atoms with Gasteiger partial charge in [-0.25, -0.2) is 9.59 Å². The van der Waals surface area contributed by atoms with E-state index >= 15 is 0 Å².